The number of thiazole rings is 1. The lowest BCUT2D eigenvalue weighted by atomic mass is 10.1. The Morgan fingerprint density at radius 3 is 3.05 bits per heavy atom. The lowest BCUT2D eigenvalue weighted by Gasteiger charge is -2.25. The number of ether oxygens (including phenoxy) is 1. The molecule has 1 aliphatic rings. The second kappa shape index (κ2) is 7.50. The van der Waals surface area contributed by atoms with Gasteiger partial charge in [0.1, 0.15) is 0 Å². The van der Waals surface area contributed by atoms with Gasteiger partial charge in [0.05, 0.1) is 17.8 Å². The monoisotopic (exact) mass is 297 g/mol. The van der Waals surface area contributed by atoms with Crippen LogP contribution in [0.25, 0.3) is 0 Å². The van der Waals surface area contributed by atoms with Crippen molar-refractivity contribution in [2.45, 2.75) is 32.9 Å². The lowest BCUT2D eigenvalue weighted by Crippen LogP contribution is -2.35. The summed E-state index contributed by atoms with van der Waals surface area (Å²) < 4.78 is 5.26. The van der Waals surface area contributed by atoms with Crippen LogP contribution >= 0.6 is 11.3 Å². The van der Waals surface area contributed by atoms with E-state index in [4.69, 9.17) is 4.74 Å². The zero-order valence-electron chi connectivity index (χ0n) is 13.1. The van der Waals surface area contributed by atoms with Crippen LogP contribution in [0.2, 0.25) is 0 Å². The third-order valence-electron chi connectivity index (χ3n) is 4.18. The first-order valence-electron chi connectivity index (χ1n) is 7.40. The van der Waals surface area contributed by atoms with Gasteiger partial charge in [0, 0.05) is 37.7 Å². The molecule has 0 saturated carbocycles. The molecule has 1 aromatic heterocycles. The predicted molar refractivity (Wildman–Crippen MR) is 84.2 cm³/mol. The van der Waals surface area contributed by atoms with Crippen molar-refractivity contribution in [2.75, 3.05) is 40.4 Å². The Kier molecular flexibility index (Phi) is 5.96. The molecule has 0 unspecified atom stereocenters. The van der Waals surface area contributed by atoms with E-state index in [-0.39, 0.29) is 0 Å². The topological polar surface area (TPSA) is 28.6 Å². The molecule has 1 fully saturated rings. The fourth-order valence-electron chi connectivity index (χ4n) is 2.99. The SMILES string of the molecule is COC[C@H](C)N1CC[C@H](CN(C)Cc2scnc2C)C1. The summed E-state index contributed by atoms with van der Waals surface area (Å²) >= 11 is 1.77. The van der Waals surface area contributed by atoms with Gasteiger partial charge >= 0.3 is 0 Å². The van der Waals surface area contributed by atoms with Gasteiger partial charge in [-0.1, -0.05) is 0 Å². The maximum atomic E-state index is 5.26. The average Bonchev–Trinajstić information content (AvgIpc) is 3.00. The number of aryl methyl sites for hydroxylation is 1. The van der Waals surface area contributed by atoms with Crippen LogP contribution in [0.4, 0.5) is 0 Å². The molecule has 20 heavy (non-hydrogen) atoms. The van der Waals surface area contributed by atoms with Gasteiger partial charge in [0.25, 0.3) is 0 Å². The molecule has 4 nitrogen and oxygen atoms in total. The Labute approximate surface area is 126 Å². The largest absolute Gasteiger partial charge is 0.383 e. The van der Waals surface area contributed by atoms with Crippen molar-refractivity contribution in [3.63, 3.8) is 0 Å². The molecule has 2 heterocycles. The van der Waals surface area contributed by atoms with Crippen molar-refractivity contribution < 1.29 is 4.74 Å². The first kappa shape index (κ1) is 15.9. The molecule has 5 heteroatoms. The Morgan fingerprint density at radius 2 is 2.40 bits per heavy atom. The number of hydrogen-bond donors (Lipinski definition) is 0. The molecular weight excluding hydrogens is 270 g/mol. The zero-order chi connectivity index (χ0) is 14.5. The molecule has 1 aromatic rings. The van der Waals surface area contributed by atoms with Crippen LogP contribution in [0.15, 0.2) is 5.51 Å². The van der Waals surface area contributed by atoms with Crippen molar-refractivity contribution in [1.82, 2.24) is 14.8 Å². The van der Waals surface area contributed by atoms with E-state index in [1.165, 1.54) is 36.6 Å². The molecule has 0 bridgehead atoms. The highest BCUT2D eigenvalue weighted by molar-refractivity contribution is 7.09. The van der Waals surface area contributed by atoms with Gasteiger partial charge in [0.15, 0.2) is 0 Å². The van der Waals surface area contributed by atoms with Crippen molar-refractivity contribution in [3.05, 3.63) is 16.1 Å². The van der Waals surface area contributed by atoms with Crippen LogP contribution in [0.5, 0.6) is 0 Å². The smallest absolute Gasteiger partial charge is 0.0798 e. The van der Waals surface area contributed by atoms with Crippen LogP contribution in [0, 0.1) is 12.8 Å². The maximum Gasteiger partial charge on any atom is 0.0798 e. The average molecular weight is 297 g/mol. The number of likely N-dealkylation sites (tertiary alicyclic amines) is 1. The van der Waals surface area contributed by atoms with Gasteiger partial charge in [-0.3, -0.25) is 4.90 Å². The molecule has 0 aromatic carbocycles. The standard InChI is InChI=1S/C15H27N3OS/c1-12(10-19-4)18-6-5-14(8-18)7-17(3)9-15-13(2)16-11-20-15/h11-12,14H,5-10H2,1-4H3/t12-,14+/m0/s1. The summed E-state index contributed by atoms with van der Waals surface area (Å²) in [5, 5.41) is 0. The van der Waals surface area contributed by atoms with Gasteiger partial charge in [-0.05, 0) is 39.8 Å². The summed E-state index contributed by atoms with van der Waals surface area (Å²) in [6.45, 7) is 9.82. The van der Waals surface area contributed by atoms with Crippen LogP contribution in [-0.2, 0) is 11.3 Å². The Balaban J connectivity index is 1.76. The van der Waals surface area contributed by atoms with Gasteiger partial charge < -0.3 is 9.64 Å². The van der Waals surface area contributed by atoms with Crippen molar-refractivity contribution in [3.8, 4) is 0 Å². The predicted octanol–water partition coefficient (Wildman–Crippen LogP) is 2.24. The summed E-state index contributed by atoms with van der Waals surface area (Å²) in [6.07, 6.45) is 1.31. The Bertz CT molecular complexity index is 410. The summed E-state index contributed by atoms with van der Waals surface area (Å²) in [5.41, 5.74) is 3.13. The van der Waals surface area contributed by atoms with Gasteiger partial charge in [-0.15, -0.1) is 11.3 Å². The quantitative estimate of drug-likeness (QED) is 0.772. The van der Waals surface area contributed by atoms with Crippen molar-refractivity contribution in [2.24, 2.45) is 5.92 Å². The molecule has 0 N–H and O–H groups in total. The fourth-order valence-corrected chi connectivity index (χ4v) is 3.84. The zero-order valence-corrected chi connectivity index (χ0v) is 13.9. The molecule has 0 aliphatic carbocycles. The molecule has 1 saturated heterocycles. The Morgan fingerprint density at radius 1 is 1.60 bits per heavy atom. The highest BCUT2D eigenvalue weighted by atomic mass is 32.1. The summed E-state index contributed by atoms with van der Waals surface area (Å²) in [7, 11) is 4.01. The van der Waals surface area contributed by atoms with Gasteiger partial charge in [0.2, 0.25) is 0 Å². The molecule has 2 atom stereocenters. The van der Waals surface area contributed by atoms with Crippen LogP contribution in [-0.4, -0.2) is 61.2 Å². The van der Waals surface area contributed by atoms with E-state index in [1.807, 2.05) is 5.51 Å². The molecule has 0 spiro atoms. The van der Waals surface area contributed by atoms with E-state index in [9.17, 15) is 0 Å². The first-order chi connectivity index (χ1) is 9.60. The molecule has 1 aliphatic heterocycles. The first-order valence-corrected chi connectivity index (χ1v) is 8.28. The van der Waals surface area contributed by atoms with E-state index < -0.39 is 0 Å². The van der Waals surface area contributed by atoms with E-state index in [2.05, 4.69) is 35.7 Å². The normalized spacial score (nSPS) is 21.8. The molecule has 0 radical (unpaired) electrons. The number of nitrogens with zero attached hydrogens (tertiary/aromatic N) is 3. The van der Waals surface area contributed by atoms with Gasteiger partial charge in [-0.2, -0.15) is 0 Å². The van der Waals surface area contributed by atoms with E-state index in [0.717, 1.165) is 19.1 Å². The third kappa shape index (κ3) is 4.25. The minimum absolute atomic E-state index is 0.541. The number of methoxy groups -OCH3 is 1. The summed E-state index contributed by atoms with van der Waals surface area (Å²) in [4.78, 5) is 10.7. The number of hydrogen-bond acceptors (Lipinski definition) is 5. The summed E-state index contributed by atoms with van der Waals surface area (Å²) in [5.74, 6) is 0.785. The molecular formula is C15H27N3OS. The van der Waals surface area contributed by atoms with Crippen LogP contribution < -0.4 is 0 Å². The van der Waals surface area contributed by atoms with E-state index in [1.54, 1.807) is 18.4 Å². The van der Waals surface area contributed by atoms with Crippen LogP contribution in [0.3, 0.4) is 0 Å². The molecule has 2 rings (SSSR count). The molecule has 0 amide bonds. The second-order valence-electron chi connectivity index (χ2n) is 6.01. The van der Waals surface area contributed by atoms with E-state index >= 15 is 0 Å². The number of rotatable bonds is 7. The Hall–Kier alpha value is -0.490. The fraction of sp³-hybridized carbons (Fsp3) is 0.800. The van der Waals surface area contributed by atoms with Crippen molar-refractivity contribution >= 4 is 11.3 Å². The van der Waals surface area contributed by atoms with E-state index in [0.29, 0.717) is 6.04 Å². The second-order valence-corrected chi connectivity index (χ2v) is 6.95. The lowest BCUT2D eigenvalue weighted by molar-refractivity contribution is 0.111. The maximum absolute atomic E-state index is 5.26. The highest BCUT2D eigenvalue weighted by Crippen LogP contribution is 2.21. The molecule has 114 valence electrons. The highest BCUT2D eigenvalue weighted by Gasteiger charge is 2.26. The minimum Gasteiger partial charge on any atom is -0.383 e. The van der Waals surface area contributed by atoms with Crippen LogP contribution in [0.1, 0.15) is 23.9 Å². The third-order valence-corrected chi connectivity index (χ3v) is 5.10. The van der Waals surface area contributed by atoms with Crippen molar-refractivity contribution in [1.29, 1.82) is 0 Å². The minimum atomic E-state index is 0.541. The number of aromatic nitrogens is 1. The van der Waals surface area contributed by atoms with Gasteiger partial charge in [-0.25, -0.2) is 4.98 Å². The summed E-state index contributed by atoms with van der Waals surface area (Å²) in [6, 6.07) is 0.541.